The smallest absolute Gasteiger partial charge is 0.407 e. The minimum absolute atomic E-state index is 0.0755. The van der Waals surface area contributed by atoms with Crippen LogP contribution in [0.4, 0.5) is 10.5 Å². The first-order valence-corrected chi connectivity index (χ1v) is 6.99. The monoisotopic (exact) mass is 329 g/mol. The number of rotatable bonds is 5. The average molecular weight is 329 g/mol. The van der Waals surface area contributed by atoms with Gasteiger partial charge in [-0.2, -0.15) is 0 Å². The van der Waals surface area contributed by atoms with Crippen molar-refractivity contribution in [1.82, 2.24) is 10.3 Å². The van der Waals surface area contributed by atoms with Gasteiger partial charge in [-0.05, 0) is 27.7 Å². The summed E-state index contributed by atoms with van der Waals surface area (Å²) in [5.41, 5.74) is -0.768. The Bertz CT molecular complexity index is 608. The molecule has 2 N–H and O–H groups in total. The molecule has 122 valence electrons. The summed E-state index contributed by atoms with van der Waals surface area (Å²) in [5.74, 6) is 0.286. The molecule has 1 amide bonds. The molecule has 0 spiro atoms. The van der Waals surface area contributed by atoms with E-state index in [9.17, 15) is 14.9 Å². The number of nitrogens with one attached hydrogen (secondary N) is 2. The van der Waals surface area contributed by atoms with E-state index in [-0.39, 0.29) is 28.7 Å². The number of carbonyl (C=O) groups excluding carboxylic acids is 1. The van der Waals surface area contributed by atoms with E-state index in [0.29, 0.717) is 0 Å². The van der Waals surface area contributed by atoms with Gasteiger partial charge in [-0.3, -0.25) is 10.1 Å². The standard InChI is InChI=1S/C13H19N3O5S/c1-8(15-12(17)21-13(2,3)4)7-20-11-5-10(22)9(6-14-11)16(18)19/h5-6,8H,7H2,1-4H3,(H,14,22)(H,15,17)/t8-/m0/s1. The van der Waals surface area contributed by atoms with Crippen LogP contribution in [-0.2, 0) is 4.74 Å². The normalized spacial score (nSPS) is 12.4. The number of hydrogen-bond donors (Lipinski definition) is 2. The first kappa shape index (κ1) is 17.9. The highest BCUT2D eigenvalue weighted by Gasteiger charge is 2.18. The number of H-pyrrole nitrogens is 1. The third kappa shape index (κ3) is 6.08. The van der Waals surface area contributed by atoms with Crippen LogP contribution in [0.25, 0.3) is 0 Å². The van der Waals surface area contributed by atoms with Crippen LogP contribution in [0.2, 0.25) is 0 Å². The maximum absolute atomic E-state index is 11.6. The number of amides is 1. The van der Waals surface area contributed by atoms with Crippen LogP contribution in [-0.4, -0.2) is 34.3 Å². The van der Waals surface area contributed by atoms with Crippen LogP contribution < -0.4 is 10.1 Å². The van der Waals surface area contributed by atoms with Gasteiger partial charge in [0.2, 0.25) is 0 Å². The molecular weight excluding hydrogens is 310 g/mol. The minimum atomic E-state index is -0.575. The molecule has 0 aromatic carbocycles. The molecule has 0 fully saturated rings. The van der Waals surface area contributed by atoms with E-state index >= 15 is 0 Å². The van der Waals surface area contributed by atoms with Gasteiger partial charge in [0.15, 0.2) is 5.88 Å². The van der Waals surface area contributed by atoms with Gasteiger partial charge < -0.3 is 19.8 Å². The van der Waals surface area contributed by atoms with E-state index in [4.69, 9.17) is 21.7 Å². The molecule has 1 aromatic heterocycles. The number of aromatic nitrogens is 1. The molecule has 0 aliphatic heterocycles. The molecule has 0 aliphatic carbocycles. The second-order valence-corrected chi connectivity index (χ2v) is 6.10. The number of nitrogens with zero attached hydrogens (tertiary/aromatic N) is 1. The molecule has 22 heavy (non-hydrogen) atoms. The van der Waals surface area contributed by atoms with Gasteiger partial charge in [-0.25, -0.2) is 4.79 Å². The van der Waals surface area contributed by atoms with Gasteiger partial charge in [-0.1, -0.05) is 12.2 Å². The molecule has 1 aromatic rings. The lowest BCUT2D eigenvalue weighted by Crippen LogP contribution is -2.40. The minimum Gasteiger partial charge on any atom is -0.477 e. The summed E-state index contributed by atoms with van der Waals surface area (Å²) in [7, 11) is 0. The van der Waals surface area contributed by atoms with Gasteiger partial charge in [-0.15, -0.1) is 0 Å². The van der Waals surface area contributed by atoms with E-state index < -0.39 is 16.6 Å². The van der Waals surface area contributed by atoms with Crippen molar-refractivity contribution in [3.8, 4) is 5.88 Å². The number of alkyl carbamates (subject to hydrolysis) is 1. The molecule has 0 radical (unpaired) electrons. The number of ether oxygens (including phenoxy) is 2. The van der Waals surface area contributed by atoms with Gasteiger partial charge in [0.05, 0.1) is 17.2 Å². The molecular formula is C13H19N3O5S. The van der Waals surface area contributed by atoms with Crippen molar-refractivity contribution in [3.63, 3.8) is 0 Å². The molecule has 1 atom stereocenters. The van der Waals surface area contributed by atoms with Gasteiger partial charge in [0, 0.05) is 6.07 Å². The molecule has 0 unspecified atom stereocenters. The summed E-state index contributed by atoms with van der Waals surface area (Å²) in [4.78, 5) is 24.3. The van der Waals surface area contributed by atoms with Gasteiger partial charge in [0.1, 0.15) is 16.7 Å². The predicted octanol–water partition coefficient (Wildman–Crippen LogP) is 2.94. The maximum Gasteiger partial charge on any atom is 0.407 e. The topological polar surface area (TPSA) is 106 Å². The van der Waals surface area contributed by atoms with Crippen LogP contribution in [0, 0.1) is 14.6 Å². The van der Waals surface area contributed by atoms with Crippen molar-refractivity contribution < 1.29 is 19.2 Å². The fourth-order valence-electron chi connectivity index (χ4n) is 1.44. The Hall–Kier alpha value is -2.16. The molecule has 0 saturated heterocycles. The molecule has 0 aliphatic rings. The number of aromatic amines is 1. The molecule has 0 saturated carbocycles. The lowest BCUT2D eigenvalue weighted by Gasteiger charge is -2.22. The first-order chi connectivity index (χ1) is 10.1. The lowest BCUT2D eigenvalue weighted by molar-refractivity contribution is -0.385. The fourth-order valence-corrected chi connectivity index (χ4v) is 1.68. The number of nitro groups is 1. The zero-order chi connectivity index (χ0) is 16.9. The maximum atomic E-state index is 11.6. The number of carbonyl (C=O) groups is 1. The summed E-state index contributed by atoms with van der Waals surface area (Å²) in [6.45, 7) is 7.20. The Morgan fingerprint density at radius 1 is 1.55 bits per heavy atom. The molecule has 9 heteroatoms. The van der Waals surface area contributed by atoms with Crippen molar-refractivity contribution in [2.24, 2.45) is 0 Å². The van der Waals surface area contributed by atoms with Gasteiger partial charge in [0.25, 0.3) is 0 Å². The van der Waals surface area contributed by atoms with Crippen molar-refractivity contribution in [2.75, 3.05) is 6.61 Å². The van der Waals surface area contributed by atoms with E-state index in [0.717, 1.165) is 0 Å². The van der Waals surface area contributed by atoms with E-state index in [1.807, 2.05) is 0 Å². The first-order valence-electron chi connectivity index (χ1n) is 6.58. The summed E-state index contributed by atoms with van der Waals surface area (Å²) < 4.78 is 10.6. The third-order valence-electron chi connectivity index (χ3n) is 2.31. The van der Waals surface area contributed by atoms with E-state index in [1.165, 1.54) is 12.3 Å². The second kappa shape index (κ2) is 7.21. The summed E-state index contributed by atoms with van der Waals surface area (Å²) in [5, 5.41) is 13.3. The fraction of sp³-hybridized carbons (Fsp3) is 0.538. The SMILES string of the molecule is C[C@@H](COc1cc(=S)c([N+](=O)[O-])c[nH]1)NC(=O)OC(C)(C)C. The second-order valence-electron chi connectivity index (χ2n) is 5.66. The van der Waals surface area contributed by atoms with Crippen molar-refractivity contribution in [2.45, 2.75) is 39.3 Å². The lowest BCUT2D eigenvalue weighted by atomic mass is 10.2. The van der Waals surface area contributed by atoms with Crippen LogP contribution >= 0.6 is 12.2 Å². The Morgan fingerprint density at radius 2 is 2.18 bits per heavy atom. The Morgan fingerprint density at radius 3 is 2.68 bits per heavy atom. The number of hydrogen-bond acceptors (Lipinski definition) is 6. The molecule has 1 rings (SSSR count). The van der Waals surface area contributed by atoms with E-state index in [2.05, 4.69) is 10.3 Å². The van der Waals surface area contributed by atoms with Crippen molar-refractivity contribution in [1.29, 1.82) is 0 Å². The van der Waals surface area contributed by atoms with Crippen LogP contribution in [0.3, 0.4) is 0 Å². The predicted molar refractivity (Wildman–Crippen MR) is 82.6 cm³/mol. The zero-order valence-corrected chi connectivity index (χ0v) is 13.7. The Balaban J connectivity index is 2.52. The molecule has 8 nitrogen and oxygen atoms in total. The van der Waals surface area contributed by atoms with Crippen LogP contribution in [0.15, 0.2) is 12.3 Å². The zero-order valence-electron chi connectivity index (χ0n) is 12.8. The highest BCUT2D eigenvalue weighted by atomic mass is 32.1. The van der Waals surface area contributed by atoms with Crippen molar-refractivity contribution in [3.05, 3.63) is 26.9 Å². The van der Waals surface area contributed by atoms with E-state index in [1.54, 1.807) is 27.7 Å². The Kier molecular flexibility index (Phi) is 5.86. The highest BCUT2D eigenvalue weighted by Crippen LogP contribution is 2.16. The van der Waals surface area contributed by atoms with Crippen LogP contribution in [0.5, 0.6) is 5.88 Å². The summed E-state index contributed by atoms with van der Waals surface area (Å²) in [6, 6.07) is 1.04. The summed E-state index contributed by atoms with van der Waals surface area (Å²) in [6.07, 6.45) is 0.629. The van der Waals surface area contributed by atoms with Crippen molar-refractivity contribution >= 4 is 24.0 Å². The van der Waals surface area contributed by atoms with Crippen LogP contribution in [0.1, 0.15) is 27.7 Å². The van der Waals surface area contributed by atoms with Gasteiger partial charge >= 0.3 is 11.8 Å². The molecule has 0 bridgehead atoms. The molecule has 1 heterocycles. The quantitative estimate of drug-likeness (QED) is 0.488. The largest absolute Gasteiger partial charge is 0.477 e. The number of pyridine rings is 1. The highest BCUT2D eigenvalue weighted by molar-refractivity contribution is 7.71. The summed E-state index contributed by atoms with van der Waals surface area (Å²) >= 11 is 4.89. The average Bonchev–Trinajstić information content (AvgIpc) is 2.33. The Labute approximate surface area is 133 Å². The third-order valence-corrected chi connectivity index (χ3v) is 2.64.